The second kappa shape index (κ2) is 11.5. The van der Waals surface area contributed by atoms with Gasteiger partial charge < -0.3 is 14.8 Å². The molecule has 0 bridgehead atoms. The van der Waals surface area contributed by atoms with Gasteiger partial charge in [0.05, 0.1) is 18.1 Å². The smallest absolute Gasteiger partial charge is 0.224 e. The Kier molecular flexibility index (Phi) is 8.43. The molecule has 0 unspecified atom stereocenters. The van der Waals surface area contributed by atoms with Crippen molar-refractivity contribution in [1.29, 1.82) is 0 Å². The van der Waals surface area contributed by atoms with Crippen LogP contribution < -0.4 is 14.8 Å². The number of carbonyl (C=O) groups excluding carboxylic acids is 1. The van der Waals surface area contributed by atoms with Gasteiger partial charge in [-0.15, -0.1) is 0 Å². The summed E-state index contributed by atoms with van der Waals surface area (Å²) in [5.74, 6) is 0.663. The highest BCUT2D eigenvalue weighted by atomic mass is 32.2. The molecule has 174 valence electrons. The molecule has 0 atom stereocenters. The van der Waals surface area contributed by atoms with Crippen molar-refractivity contribution in [3.8, 4) is 11.5 Å². The van der Waals surface area contributed by atoms with Crippen molar-refractivity contribution in [1.82, 2.24) is 4.98 Å². The van der Waals surface area contributed by atoms with Gasteiger partial charge in [0, 0.05) is 30.6 Å². The van der Waals surface area contributed by atoms with E-state index in [-0.39, 0.29) is 21.4 Å². The first-order valence-corrected chi connectivity index (χ1v) is 12.4. The van der Waals surface area contributed by atoms with E-state index >= 15 is 0 Å². The number of pyridine rings is 1. The molecule has 1 aromatic heterocycles. The van der Waals surface area contributed by atoms with E-state index in [1.54, 1.807) is 43.6 Å². The predicted molar refractivity (Wildman–Crippen MR) is 126 cm³/mol. The van der Waals surface area contributed by atoms with Crippen molar-refractivity contribution >= 4 is 21.4 Å². The summed E-state index contributed by atoms with van der Waals surface area (Å²) >= 11 is 0. The van der Waals surface area contributed by atoms with Crippen molar-refractivity contribution in [3.63, 3.8) is 0 Å². The van der Waals surface area contributed by atoms with Gasteiger partial charge >= 0.3 is 0 Å². The first kappa shape index (κ1) is 24.3. The average Bonchev–Trinajstić information content (AvgIpc) is 2.81. The minimum Gasteiger partial charge on any atom is -0.494 e. The molecule has 0 aliphatic heterocycles. The van der Waals surface area contributed by atoms with Gasteiger partial charge in [-0.25, -0.2) is 8.42 Å². The molecule has 0 saturated heterocycles. The Bertz CT molecular complexity index is 1160. The van der Waals surface area contributed by atoms with E-state index in [9.17, 15) is 13.2 Å². The molecule has 1 N–H and O–H groups in total. The van der Waals surface area contributed by atoms with E-state index in [1.165, 1.54) is 18.2 Å². The average molecular weight is 469 g/mol. The van der Waals surface area contributed by atoms with Crippen LogP contribution in [0.15, 0.2) is 76.8 Å². The third kappa shape index (κ3) is 6.55. The predicted octanol–water partition coefficient (Wildman–Crippen LogP) is 4.67. The summed E-state index contributed by atoms with van der Waals surface area (Å²) in [4.78, 5) is 16.5. The SMILES string of the molecule is CCOc1ccc(S(=O)(=O)c2ccc(NC(=O)CCCc3cccnc3)cc2)c(OCC)c1. The number of benzene rings is 2. The molecule has 0 radical (unpaired) electrons. The normalized spacial score (nSPS) is 11.1. The largest absolute Gasteiger partial charge is 0.494 e. The summed E-state index contributed by atoms with van der Waals surface area (Å²) in [5, 5.41) is 2.81. The minimum atomic E-state index is -3.81. The number of amides is 1. The van der Waals surface area contributed by atoms with E-state index in [2.05, 4.69) is 10.3 Å². The van der Waals surface area contributed by atoms with Gasteiger partial charge in [-0.05, 0) is 74.7 Å². The maximum atomic E-state index is 13.2. The Labute approximate surface area is 194 Å². The van der Waals surface area contributed by atoms with Gasteiger partial charge in [0.1, 0.15) is 16.4 Å². The van der Waals surface area contributed by atoms with Crippen molar-refractivity contribution in [2.45, 2.75) is 42.9 Å². The molecule has 0 aliphatic rings. The lowest BCUT2D eigenvalue weighted by Gasteiger charge is -2.13. The Balaban J connectivity index is 1.66. The van der Waals surface area contributed by atoms with Crippen LogP contribution in [-0.4, -0.2) is 32.5 Å². The highest BCUT2D eigenvalue weighted by Crippen LogP contribution is 2.33. The van der Waals surface area contributed by atoms with Crippen molar-refractivity contribution in [3.05, 3.63) is 72.6 Å². The summed E-state index contributed by atoms with van der Waals surface area (Å²) in [6.45, 7) is 4.43. The molecular formula is C25H28N2O5S. The maximum Gasteiger partial charge on any atom is 0.224 e. The second-order valence-corrected chi connectivity index (χ2v) is 9.18. The number of rotatable bonds is 11. The monoisotopic (exact) mass is 468 g/mol. The number of aromatic nitrogens is 1. The molecule has 8 heteroatoms. The molecule has 3 aromatic rings. The number of carbonyl (C=O) groups is 1. The number of aryl methyl sites for hydroxylation is 1. The van der Waals surface area contributed by atoms with Gasteiger partial charge in [-0.3, -0.25) is 9.78 Å². The van der Waals surface area contributed by atoms with Crippen LogP contribution in [0.1, 0.15) is 32.3 Å². The van der Waals surface area contributed by atoms with Crippen LogP contribution in [0.2, 0.25) is 0 Å². The van der Waals surface area contributed by atoms with Crippen LogP contribution in [0.4, 0.5) is 5.69 Å². The first-order valence-electron chi connectivity index (χ1n) is 10.9. The lowest BCUT2D eigenvalue weighted by molar-refractivity contribution is -0.116. The zero-order valence-corrected chi connectivity index (χ0v) is 19.6. The molecule has 0 aliphatic carbocycles. The molecular weight excluding hydrogens is 440 g/mol. The molecule has 2 aromatic carbocycles. The van der Waals surface area contributed by atoms with Gasteiger partial charge in [0.25, 0.3) is 0 Å². The number of nitrogens with one attached hydrogen (secondary N) is 1. The number of hydrogen-bond acceptors (Lipinski definition) is 6. The molecule has 0 saturated carbocycles. The van der Waals surface area contributed by atoms with Crippen molar-refractivity contribution in [2.75, 3.05) is 18.5 Å². The first-order chi connectivity index (χ1) is 15.9. The molecule has 3 rings (SSSR count). The standard InChI is InChI=1S/C25H28N2O5S/c1-3-31-21-12-15-24(23(17-21)32-4-2)33(29,30)22-13-10-20(11-14-22)27-25(28)9-5-7-19-8-6-16-26-18-19/h6,8,10-18H,3-5,7,9H2,1-2H3,(H,27,28). The van der Waals surface area contributed by atoms with Crippen LogP contribution in [0.3, 0.4) is 0 Å². The highest BCUT2D eigenvalue weighted by molar-refractivity contribution is 7.91. The van der Waals surface area contributed by atoms with E-state index in [1.807, 2.05) is 19.1 Å². The van der Waals surface area contributed by atoms with Crippen LogP contribution in [0.25, 0.3) is 0 Å². The number of sulfone groups is 1. The third-order valence-corrected chi connectivity index (χ3v) is 6.67. The fourth-order valence-electron chi connectivity index (χ4n) is 3.30. The second-order valence-electron chi connectivity index (χ2n) is 7.27. The van der Waals surface area contributed by atoms with Crippen LogP contribution in [0, 0.1) is 0 Å². The summed E-state index contributed by atoms with van der Waals surface area (Å²) < 4.78 is 37.4. The molecule has 33 heavy (non-hydrogen) atoms. The zero-order valence-electron chi connectivity index (χ0n) is 18.8. The van der Waals surface area contributed by atoms with Crippen molar-refractivity contribution < 1.29 is 22.7 Å². The molecule has 1 heterocycles. The zero-order chi connectivity index (χ0) is 23.7. The molecule has 7 nitrogen and oxygen atoms in total. The quantitative estimate of drug-likeness (QED) is 0.439. The lowest BCUT2D eigenvalue weighted by Crippen LogP contribution is -2.12. The summed E-state index contributed by atoms with van der Waals surface area (Å²) in [7, 11) is -3.81. The summed E-state index contributed by atoms with van der Waals surface area (Å²) in [6, 6.07) is 14.7. The van der Waals surface area contributed by atoms with Gasteiger partial charge in [-0.2, -0.15) is 0 Å². The van der Waals surface area contributed by atoms with Crippen molar-refractivity contribution in [2.24, 2.45) is 0 Å². The van der Waals surface area contributed by atoms with E-state index in [4.69, 9.17) is 9.47 Å². The molecule has 0 fully saturated rings. The Morgan fingerprint density at radius 1 is 1.00 bits per heavy atom. The fourth-order valence-corrected chi connectivity index (χ4v) is 4.68. The number of hydrogen-bond donors (Lipinski definition) is 1. The number of nitrogens with zero attached hydrogens (tertiary/aromatic N) is 1. The number of anilines is 1. The molecule has 0 spiro atoms. The molecule has 1 amide bonds. The Hall–Kier alpha value is -3.39. The van der Waals surface area contributed by atoms with Crippen LogP contribution in [0.5, 0.6) is 11.5 Å². The highest BCUT2D eigenvalue weighted by Gasteiger charge is 2.23. The maximum absolute atomic E-state index is 13.2. The third-order valence-electron chi connectivity index (χ3n) is 4.86. The lowest BCUT2D eigenvalue weighted by atomic mass is 10.1. The topological polar surface area (TPSA) is 94.6 Å². The Morgan fingerprint density at radius 2 is 1.76 bits per heavy atom. The Morgan fingerprint density at radius 3 is 2.42 bits per heavy atom. The van der Waals surface area contributed by atoms with E-state index < -0.39 is 9.84 Å². The van der Waals surface area contributed by atoms with Crippen LogP contribution in [-0.2, 0) is 21.1 Å². The fraction of sp³-hybridized carbons (Fsp3) is 0.280. The summed E-state index contributed by atoms with van der Waals surface area (Å²) in [6.07, 6.45) is 5.33. The van der Waals surface area contributed by atoms with E-state index in [0.717, 1.165) is 12.0 Å². The van der Waals surface area contributed by atoms with Gasteiger partial charge in [0.2, 0.25) is 15.7 Å². The van der Waals surface area contributed by atoms with Gasteiger partial charge in [-0.1, -0.05) is 6.07 Å². The van der Waals surface area contributed by atoms with Gasteiger partial charge in [0.15, 0.2) is 0 Å². The summed E-state index contributed by atoms with van der Waals surface area (Å²) in [5.41, 5.74) is 1.62. The number of ether oxygens (including phenoxy) is 2. The van der Waals surface area contributed by atoms with E-state index in [0.29, 0.717) is 37.5 Å². The minimum absolute atomic E-state index is 0.0694. The van der Waals surface area contributed by atoms with Crippen LogP contribution >= 0.6 is 0 Å².